The summed E-state index contributed by atoms with van der Waals surface area (Å²) in [6, 6.07) is 8.00. The van der Waals surface area contributed by atoms with Gasteiger partial charge in [-0.1, -0.05) is 24.3 Å². The lowest BCUT2D eigenvalue weighted by molar-refractivity contribution is 0.0691. The van der Waals surface area contributed by atoms with Crippen LogP contribution < -0.4 is 0 Å². The van der Waals surface area contributed by atoms with Crippen molar-refractivity contribution in [3.63, 3.8) is 0 Å². The lowest BCUT2D eigenvalue weighted by atomic mass is 10.1. The second-order valence-electron chi connectivity index (χ2n) is 5.22. The van der Waals surface area contributed by atoms with E-state index in [0.29, 0.717) is 5.13 Å². The van der Waals surface area contributed by atoms with Crippen LogP contribution in [0.4, 0.5) is 0 Å². The fraction of sp³-hybridized carbons (Fsp3) is 0.188. The van der Waals surface area contributed by atoms with Crippen molar-refractivity contribution < 1.29 is 9.90 Å². The number of carboxylic acid groups (broad SMARTS) is 1. The second-order valence-corrected chi connectivity index (χ2v) is 6.06. The van der Waals surface area contributed by atoms with Gasteiger partial charge in [-0.15, -0.1) is 11.3 Å². The molecule has 0 saturated heterocycles. The third kappa shape index (κ3) is 2.03. The largest absolute Gasteiger partial charge is 0.476 e. The molecule has 0 radical (unpaired) electrons. The highest BCUT2D eigenvalue weighted by molar-refractivity contribution is 7.12. The number of thiazole rings is 1. The molecule has 0 spiro atoms. The summed E-state index contributed by atoms with van der Waals surface area (Å²) in [6.45, 7) is 0. The molecule has 3 aromatic rings. The third-order valence-corrected chi connectivity index (χ3v) is 4.64. The highest BCUT2D eigenvalue weighted by atomic mass is 32.1. The first-order valence-corrected chi connectivity index (χ1v) is 7.98. The zero-order chi connectivity index (χ0) is 15.1. The Morgan fingerprint density at radius 3 is 2.91 bits per heavy atom. The minimum absolute atomic E-state index is 0.0567. The van der Waals surface area contributed by atoms with E-state index in [1.807, 2.05) is 18.2 Å². The summed E-state index contributed by atoms with van der Waals surface area (Å²) in [5.41, 5.74) is 3.27. The van der Waals surface area contributed by atoms with Crippen LogP contribution in [-0.2, 0) is 0 Å². The zero-order valence-electron chi connectivity index (χ0n) is 11.7. The van der Waals surface area contributed by atoms with Gasteiger partial charge in [-0.25, -0.2) is 14.5 Å². The number of fused-ring (bicyclic) bond motifs is 1. The highest BCUT2D eigenvalue weighted by Gasteiger charge is 2.19. The number of carbonyl (C=O) groups is 1. The summed E-state index contributed by atoms with van der Waals surface area (Å²) in [5, 5.41) is 17.0. The van der Waals surface area contributed by atoms with E-state index in [9.17, 15) is 4.79 Å². The van der Waals surface area contributed by atoms with Gasteiger partial charge in [0, 0.05) is 10.8 Å². The van der Waals surface area contributed by atoms with Crippen molar-refractivity contribution in [1.29, 1.82) is 0 Å². The minimum Gasteiger partial charge on any atom is -0.476 e. The molecule has 1 aromatic carbocycles. The summed E-state index contributed by atoms with van der Waals surface area (Å²) in [7, 11) is 0. The summed E-state index contributed by atoms with van der Waals surface area (Å²) < 4.78 is 1.75. The molecular weight excluding hydrogens is 298 g/mol. The van der Waals surface area contributed by atoms with E-state index < -0.39 is 5.97 Å². The van der Waals surface area contributed by atoms with E-state index in [1.54, 1.807) is 10.1 Å². The number of hydrogen-bond acceptors (Lipinski definition) is 4. The lowest BCUT2D eigenvalue weighted by Gasteiger charge is -1.97. The first kappa shape index (κ1) is 13.2. The fourth-order valence-corrected chi connectivity index (χ4v) is 3.56. The van der Waals surface area contributed by atoms with Gasteiger partial charge in [0.25, 0.3) is 0 Å². The van der Waals surface area contributed by atoms with E-state index >= 15 is 0 Å². The van der Waals surface area contributed by atoms with Gasteiger partial charge in [-0.3, -0.25) is 0 Å². The predicted octanol–water partition coefficient (Wildman–Crippen LogP) is 3.75. The van der Waals surface area contributed by atoms with Gasteiger partial charge in [-0.05, 0) is 30.9 Å². The molecule has 0 fully saturated rings. The van der Waals surface area contributed by atoms with Crippen LogP contribution in [0.25, 0.3) is 21.6 Å². The number of aromatic carboxylic acids is 1. The van der Waals surface area contributed by atoms with Crippen molar-refractivity contribution in [1.82, 2.24) is 14.8 Å². The van der Waals surface area contributed by atoms with Crippen LogP contribution in [0.3, 0.4) is 0 Å². The van der Waals surface area contributed by atoms with Crippen LogP contribution in [0.2, 0.25) is 0 Å². The van der Waals surface area contributed by atoms with Crippen LogP contribution in [0, 0.1) is 0 Å². The van der Waals surface area contributed by atoms with Crippen molar-refractivity contribution in [2.24, 2.45) is 0 Å². The van der Waals surface area contributed by atoms with Crippen LogP contribution in [-0.4, -0.2) is 25.8 Å². The average Bonchev–Trinajstić information content (AvgIpc) is 3.25. The number of nitrogens with zero attached hydrogens (tertiary/aromatic N) is 3. The van der Waals surface area contributed by atoms with E-state index in [4.69, 9.17) is 10.2 Å². The molecule has 1 aliphatic carbocycles. The lowest BCUT2D eigenvalue weighted by Crippen LogP contribution is -2.00. The molecule has 0 unspecified atom stereocenters. The number of allylic oxidation sites excluding steroid dienone is 2. The highest BCUT2D eigenvalue weighted by Crippen LogP contribution is 2.33. The van der Waals surface area contributed by atoms with Gasteiger partial charge in [0.2, 0.25) is 5.13 Å². The number of benzene rings is 1. The van der Waals surface area contributed by atoms with Crippen molar-refractivity contribution >= 4 is 33.8 Å². The average molecular weight is 311 g/mol. The molecule has 1 N–H and O–H groups in total. The minimum atomic E-state index is -1.02. The summed E-state index contributed by atoms with van der Waals surface area (Å²) in [6.07, 6.45) is 5.54. The molecule has 0 atom stereocenters. The van der Waals surface area contributed by atoms with E-state index in [-0.39, 0.29) is 5.69 Å². The smallest absolute Gasteiger partial charge is 0.355 e. The normalized spacial score (nSPS) is 14.5. The third-order valence-electron chi connectivity index (χ3n) is 3.82. The zero-order valence-corrected chi connectivity index (χ0v) is 12.5. The topological polar surface area (TPSA) is 68.0 Å². The first-order valence-electron chi connectivity index (χ1n) is 7.10. The molecule has 0 aliphatic heterocycles. The van der Waals surface area contributed by atoms with Crippen LogP contribution >= 0.6 is 11.3 Å². The van der Waals surface area contributed by atoms with Gasteiger partial charge in [0.1, 0.15) is 0 Å². The Bertz CT molecular complexity index is 907. The van der Waals surface area contributed by atoms with Crippen LogP contribution in [0.1, 0.15) is 35.4 Å². The van der Waals surface area contributed by atoms with Crippen molar-refractivity contribution in [3.05, 3.63) is 47.1 Å². The molecule has 2 heterocycles. The molecule has 0 saturated carbocycles. The SMILES string of the molecule is O=C(O)c1csc(-n2nc(C3=CCCC3)c3ccccc32)n1. The maximum atomic E-state index is 11.0. The number of hydrogen-bond donors (Lipinski definition) is 1. The molecule has 5 nitrogen and oxygen atoms in total. The van der Waals surface area contributed by atoms with E-state index in [1.165, 1.54) is 16.9 Å². The molecule has 6 heteroatoms. The summed E-state index contributed by atoms with van der Waals surface area (Å²) >= 11 is 1.29. The first-order chi connectivity index (χ1) is 10.7. The van der Waals surface area contributed by atoms with Gasteiger partial charge in [0.05, 0.1) is 11.2 Å². The molecule has 1 aliphatic rings. The summed E-state index contributed by atoms with van der Waals surface area (Å²) in [5.74, 6) is -1.02. The fourth-order valence-electron chi connectivity index (χ4n) is 2.80. The van der Waals surface area contributed by atoms with Gasteiger partial charge in [0.15, 0.2) is 5.69 Å². The molecule has 110 valence electrons. The standard InChI is InChI=1S/C16H13N3O2S/c20-15(21)12-9-22-16(17-12)19-13-8-4-3-7-11(13)14(18-19)10-5-1-2-6-10/h3-5,7-9H,1-2,6H2,(H,20,21). The molecule has 4 rings (SSSR count). The van der Waals surface area contributed by atoms with Crippen molar-refractivity contribution in [2.75, 3.05) is 0 Å². The molecule has 2 aromatic heterocycles. The maximum Gasteiger partial charge on any atom is 0.355 e. The molecule has 22 heavy (non-hydrogen) atoms. The summed E-state index contributed by atoms with van der Waals surface area (Å²) in [4.78, 5) is 15.2. The Morgan fingerprint density at radius 1 is 1.32 bits per heavy atom. The number of carboxylic acids is 1. The van der Waals surface area contributed by atoms with Crippen molar-refractivity contribution in [2.45, 2.75) is 19.3 Å². The molecule has 0 amide bonds. The Morgan fingerprint density at radius 2 is 2.18 bits per heavy atom. The molecule has 0 bridgehead atoms. The van der Waals surface area contributed by atoms with E-state index in [2.05, 4.69) is 17.1 Å². The number of para-hydroxylation sites is 1. The Hall–Kier alpha value is -2.47. The van der Waals surface area contributed by atoms with Gasteiger partial charge < -0.3 is 5.11 Å². The maximum absolute atomic E-state index is 11.0. The van der Waals surface area contributed by atoms with E-state index in [0.717, 1.165) is 35.9 Å². The predicted molar refractivity (Wildman–Crippen MR) is 85.5 cm³/mol. The van der Waals surface area contributed by atoms with Crippen LogP contribution in [0.15, 0.2) is 35.7 Å². The number of rotatable bonds is 3. The van der Waals surface area contributed by atoms with Crippen molar-refractivity contribution in [3.8, 4) is 5.13 Å². The molecular formula is C16H13N3O2S. The van der Waals surface area contributed by atoms with Gasteiger partial charge in [-0.2, -0.15) is 5.10 Å². The van der Waals surface area contributed by atoms with Crippen LogP contribution in [0.5, 0.6) is 0 Å². The number of aromatic nitrogens is 3. The monoisotopic (exact) mass is 311 g/mol. The Balaban J connectivity index is 1.92. The van der Waals surface area contributed by atoms with Gasteiger partial charge >= 0.3 is 5.97 Å². The quantitative estimate of drug-likeness (QED) is 0.800. The second kappa shape index (κ2) is 5.06. The Labute approximate surface area is 130 Å². The Kier molecular flexibility index (Phi) is 3.04.